The summed E-state index contributed by atoms with van der Waals surface area (Å²) in [7, 11) is 0. The van der Waals surface area contributed by atoms with Gasteiger partial charge in [0.25, 0.3) is 0 Å². The van der Waals surface area contributed by atoms with Crippen LogP contribution >= 0.6 is 11.3 Å². The van der Waals surface area contributed by atoms with Crippen LogP contribution in [-0.2, 0) is 0 Å². The fourth-order valence-corrected chi connectivity index (χ4v) is 6.55. The van der Waals surface area contributed by atoms with Crippen LogP contribution in [0.5, 0.6) is 0 Å². The molecule has 0 atom stereocenters. The largest absolute Gasteiger partial charge is 0.454 e. The van der Waals surface area contributed by atoms with Crippen molar-refractivity contribution in [1.82, 2.24) is 4.57 Å². The number of rotatable bonds is 2. The van der Waals surface area contributed by atoms with E-state index in [1.807, 2.05) is 11.3 Å². The van der Waals surface area contributed by atoms with Gasteiger partial charge in [-0.1, -0.05) is 66.7 Å². The second-order valence-corrected chi connectivity index (χ2v) is 10.1. The zero-order valence-electron chi connectivity index (χ0n) is 18.7. The zero-order valence-corrected chi connectivity index (χ0v) is 19.5. The minimum atomic E-state index is 0.914. The maximum atomic E-state index is 6.45. The maximum Gasteiger partial charge on any atom is 0.161 e. The van der Waals surface area contributed by atoms with E-state index in [9.17, 15) is 0 Å². The molecule has 0 aliphatic rings. The van der Waals surface area contributed by atoms with Crippen LogP contribution in [0.1, 0.15) is 0 Å². The summed E-state index contributed by atoms with van der Waals surface area (Å²) in [6.07, 6.45) is 0. The molecule has 0 amide bonds. The van der Waals surface area contributed by atoms with E-state index in [-0.39, 0.29) is 0 Å². The average molecular weight is 466 g/mol. The first-order valence-corrected chi connectivity index (χ1v) is 12.6. The van der Waals surface area contributed by atoms with Gasteiger partial charge in [0.15, 0.2) is 5.58 Å². The summed E-state index contributed by atoms with van der Waals surface area (Å²) < 4.78 is 11.4. The SMILES string of the molecule is c1ccc(-n2c3ccccc3c3oc4ccc(-c5ccc6c(c5)sc5ccccc56)cc4c32)cc1. The third-order valence-electron chi connectivity index (χ3n) is 7.00. The van der Waals surface area contributed by atoms with Gasteiger partial charge in [0.1, 0.15) is 11.1 Å². The van der Waals surface area contributed by atoms with Crippen molar-refractivity contribution in [2.24, 2.45) is 0 Å². The molecule has 0 fully saturated rings. The van der Waals surface area contributed by atoms with Crippen molar-refractivity contribution in [2.45, 2.75) is 0 Å². The molecule has 3 aromatic heterocycles. The molecule has 3 heterocycles. The van der Waals surface area contributed by atoms with Crippen molar-refractivity contribution >= 4 is 64.5 Å². The summed E-state index contributed by atoms with van der Waals surface area (Å²) >= 11 is 1.86. The smallest absolute Gasteiger partial charge is 0.161 e. The molecule has 0 N–H and O–H groups in total. The molecule has 0 radical (unpaired) electrons. The Morgan fingerprint density at radius 2 is 1.26 bits per heavy atom. The van der Waals surface area contributed by atoms with E-state index < -0.39 is 0 Å². The minimum Gasteiger partial charge on any atom is -0.454 e. The number of thiophene rings is 1. The van der Waals surface area contributed by atoms with Gasteiger partial charge >= 0.3 is 0 Å². The second kappa shape index (κ2) is 7.08. The zero-order chi connectivity index (χ0) is 22.9. The topological polar surface area (TPSA) is 18.1 Å². The van der Waals surface area contributed by atoms with Crippen LogP contribution in [0.3, 0.4) is 0 Å². The standard InChI is InChI=1S/C32H19NOS/c1-2-8-22(9-3-1)33-27-12-6-4-11-25(27)32-31(33)26-18-20(15-17-28(26)34-32)21-14-16-24-23-10-5-7-13-29(23)35-30(24)19-21/h1-19H. The normalized spacial score (nSPS) is 12.0. The Morgan fingerprint density at radius 1 is 0.543 bits per heavy atom. The molecule has 3 heteroatoms. The van der Waals surface area contributed by atoms with Crippen LogP contribution in [-0.4, -0.2) is 4.57 Å². The summed E-state index contributed by atoms with van der Waals surface area (Å²) in [5, 5.41) is 4.92. The molecule has 5 aromatic carbocycles. The highest BCUT2D eigenvalue weighted by molar-refractivity contribution is 7.25. The first-order chi connectivity index (χ1) is 17.3. The molecule has 0 spiro atoms. The van der Waals surface area contributed by atoms with Gasteiger partial charge in [-0.3, -0.25) is 0 Å². The molecule has 164 valence electrons. The van der Waals surface area contributed by atoms with Gasteiger partial charge in [0, 0.05) is 36.6 Å². The molecule has 0 saturated heterocycles. The molecular formula is C32H19NOS. The van der Waals surface area contributed by atoms with Gasteiger partial charge in [-0.2, -0.15) is 0 Å². The summed E-state index contributed by atoms with van der Waals surface area (Å²) in [6, 6.07) is 41.1. The molecule has 35 heavy (non-hydrogen) atoms. The van der Waals surface area contributed by atoms with Crippen LogP contribution in [0.15, 0.2) is 120 Å². The van der Waals surface area contributed by atoms with Crippen molar-refractivity contribution < 1.29 is 4.42 Å². The van der Waals surface area contributed by atoms with Crippen LogP contribution < -0.4 is 0 Å². The van der Waals surface area contributed by atoms with E-state index in [2.05, 4.69) is 120 Å². The third kappa shape index (κ3) is 2.70. The first-order valence-electron chi connectivity index (χ1n) is 11.8. The highest BCUT2D eigenvalue weighted by Gasteiger charge is 2.19. The molecule has 0 unspecified atom stereocenters. The number of aromatic nitrogens is 1. The average Bonchev–Trinajstić information content (AvgIpc) is 3.57. The van der Waals surface area contributed by atoms with E-state index in [0.29, 0.717) is 0 Å². The Kier molecular flexibility index (Phi) is 3.85. The molecule has 0 aliphatic carbocycles. The lowest BCUT2D eigenvalue weighted by atomic mass is 10.0. The van der Waals surface area contributed by atoms with E-state index in [1.54, 1.807) is 0 Å². The molecule has 2 nitrogen and oxygen atoms in total. The summed E-state index contributed by atoms with van der Waals surface area (Å²) in [5.74, 6) is 0. The second-order valence-electron chi connectivity index (χ2n) is 8.99. The number of benzene rings is 5. The van der Waals surface area contributed by atoms with Crippen molar-refractivity contribution in [3.63, 3.8) is 0 Å². The lowest BCUT2D eigenvalue weighted by molar-refractivity contribution is 0.673. The number of nitrogens with zero attached hydrogens (tertiary/aromatic N) is 1. The van der Waals surface area contributed by atoms with Gasteiger partial charge in [-0.15, -0.1) is 11.3 Å². The molecule has 8 rings (SSSR count). The monoisotopic (exact) mass is 465 g/mol. The van der Waals surface area contributed by atoms with Crippen molar-refractivity contribution in [1.29, 1.82) is 0 Å². The van der Waals surface area contributed by atoms with E-state index in [0.717, 1.165) is 38.7 Å². The predicted molar refractivity (Wildman–Crippen MR) is 149 cm³/mol. The summed E-state index contributed by atoms with van der Waals surface area (Å²) in [6.45, 7) is 0. The minimum absolute atomic E-state index is 0.914. The number of para-hydroxylation sites is 2. The third-order valence-corrected chi connectivity index (χ3v) is 8.14. The van der Waals surface area contributed by atoms with Gasteiger partial charge in [-0.05, 0) is 59.7 Å². The van der Waals surface area contributed by atoms with Crippen LogP contribution in [0, 0.1) is 0 Å². The molecule has 8 aromatic rings. The van der Waals surface area contributed by atoms with Gasteiger partial charge < -0.3 is 8.98 Å². The molecule has 0 bridgehead atoms. The van der Waals surface area contributed by atoms with E-state index in [4.69, 9.17) is 4.42 Å². The number of fused-ring (bicyclic) bond motifs is 8. The first kappa shape index (κ1) is 19.0. The van der Waals surface area contributed by atoms with Gasteiger partial charge in [0.05, 0.1) is 5.52 Å². The lowest BCUT2D eigenvalue weighted by Gasteiger charge is -2.08. The van der Waals surface area contributed by atoms with Crippen LogP contribution in [0.25, 0.3) is 70.0 Å². The number of hydrogen-bond donors (Lipinski definition) is 0. The molecular weight excluding hydrogens is 446 g/mol. The number of furan rings is 1. The fraction of sp³-hybridized carbons (Fsp3) is 0. The van der Waals surface area contributed by atoms with E-state index >= 15 is 0 Å². The van der Waals surface area contributed by atoms with Crippen molar-refractivity contribution in [3.05, 3.63) is 115 Å². The quantitative estimate of drug-likeness (QED) is 0.248. The van der Waals surface area contributed by atoms with Crippen LogP contribution in [0.4, 0.5) is 0 Å². The van der Waals surface area contributed by atoms with Crippen molar-refractivity contribution in [3.8, 4) is 16.8 Å². The van der Waals surface area contributed by atoms with Gasteiger partial charge in [-0.25, -0.2) is 0 Å². The predicted octanol–water partition coefficient (Wildman–Crippen LogP) is 9.56. The summed E-state index contributed by atoms with van der Waals surface area (Å²) in [5.41, 5.74) is 7.70. The van der Waals surface area contributed by atoms with Crippen molar-refractivity contribution in [2.75, 3.05) is 0 Å². The Hall–Kier alpha value is -4.34. The summed E-state index contributed by atoms with van der Waals surface area (Å²) in [4.78, 5) is 0. The van der Waals surface area contributed by atoms with Crippen LogP contribution in [0.2, 0.25) is 0 Å². The number of hydrogen-bond acceptors (Lipinski definition) is 2. The Bertz CT molecular complexity index is 2060. The molecule has 0 aliphatic heterocycles. The van der Waals surface area contributed by atoms with Gasteiger partial charge in [0.2, 0.25) is 0 Å². The Morgan fingerprint density at radius 3 is 2.17 bits per heavy atom. The maximum absolute atomic E-state index is 6.45. The Labute approximate surface area is 205 Å². The fourth-order valence-electron chi connectivity index (χ4n) is 5.40. The highest BCUT2D eigenvalue weighted by Crippen LogP contribution is 2.41. The lowest BCUT2D eigenvalue weighted by Crippen LogP contribution is -1.92. The van der Waals surface area contributed by atoms with E-state index in [1.165, 1.54) is 31.3 Å². The molecule has 0 saturated carbocycles. The highest BCUT2D eigenvalue weighted by atomic mass is 32.1. The Balaban J connectivity index is 1.41.